The molecule has 0 unspecified atom stereocenters. The molecule has 33 heavy (non-hydrogen) atoms. The zero-order valence-corrected chi connectivity index (χ0v) is 18.9. The molecule has 0 spiro atoms. The molecule has 0 aromatic carbocycles. The van der Waals surface area contributed by atoms with Crippen molar-refractivity contribution in [2.24, 2.45) is 11.8 Å². The van der Waals surface area contributed by atoms with E-state index in [4.69, 9.17) is 0 Å². The molecular formula is C21H22N8O3S. The van der Waals surface area contributed by atoms with Crippen LogP contribution in [0.3, 0.4) is 0 Å². The van der Waals surface area contributed by atoms with Crippen LogP contribution in [0.2, 0.25) is 0 Å². The summed E-state index contributed by atoms with van der Waals surface area (Å²) >= 11 is 0.947. The Labute approximate surface area is 193 Å². The summed E-state index contributed by atoms with van der Waals surface area (Å²) in [7, 11) is 3.29. The molecule has 170 valence electrons. The first-order valence-electron chi connectivity index (χ1n) is 10.6. The van der Waals surface area contributed by atoms with E-state index >= 15 is 0 Å². The number of anilines is 2. The van der Waals surface area contributed by atoms with E-state index in [0.29, 0.717) is 30.5 Å². The molecule has 2 aliphatic rings. The first-order valence-corrected chi connectivity index (χ1v) is 11.3. The van der Waals surface area contributed by atoms with Gasteiger partial charge in [-0.05, 0) is 30.7 Å². The number of hydrogen-bond donors (Lipinski definition) is 2. The minimum absolute atomic E-state index is 0.0636. The smallest absolute Gasteiger partial charge is 0.377 e. The topological polar surface area (TPSA) is 140 Å². The third-order valence-electron chi connectivity index (χ3n) is 6.60. The van der Waals surface area contributed by atoms with Crippen molar-refractivity contribution in [1.29, 1.82) is 5.26 Å². The number of likely N-dealkylation sites (tertiary alicyclic amines) is 1. The van der Waals surface area contributed by atoms with Crippen LogP contribution in [0, 0.1) is 23.2 Å². The molecular weight excluding hydrogens is 444 g/mol. The van der Waals surface area contributed by atoms with Gasteiger partial charge in [-0.2, -0.15) is 14.6 Å². The largest absolute Gasteiger partial charge is 0.463 e. The molecule has 1 saturated heterocycles. The molecule has 4 heterocycles. The zero-order valence-electron chi connectivity index (χ0n) is 18.1. The molecule has 3 aromatic rings. The zero-order chi connectivity index (χ0) is 23.1. The third kappa shape index (κ3) is 3.74. The maximum absolute atomic E-state index is 12.7. The van der Waals surface area contributed by atoms with Crippen molar-refractivity contribution < 1.29 is 14.3 Å². The number of pyridine rings is 1. The van der Waals surface area contributed by atoms with E-state index in [-0.39, 0.29) is 23.0 Å². The monoisotopic (exact) mass is 466 g/mol. The highest BCUT2D eigenvalue weighted by atomic mass is 32.1. The van der Waals surface area contributed by atoms with E-state index < -0.39 is 5.97 Å². The third-order valence-corrected chi connectivity index (χ3v) is 7.23. The van der Waals surface area contributed by atoms with Gasteiger partial charge in [-0.15, -0.1) is 0 Å². The van der Waals surface area contributed by atoms with Gasteiger partial charge in [0.1, 0.15) is 11.7 Å². The quantitative estimate of drug-likeness (QED) is 0.559. The van der Waals surface area contributed by atoms with Gasteiger partial charge in [-0.1, -0.05) is 0 Å². The van der Waals surface area contributed by atoms with E-state index in [1.807, 2.05) is 19.3 Å². The first-order chi connectivity index (χ1) is 16.0. The predicted molar refractivity (Wildman–Crippen MR) is 121 cm³/mol. The normalized spacial score (nSPS) is 21.6. The van der Waals surface area contributed by atoms with Gasteiger partial charge in [0, 0.05) is 55.5 Å². The van der Waals surface area contributed by atoms with Crippen molar-refractivity contribution in [3.8, 4) is 6.07 Å². The molecule has 12 heteroatoms. The number of fused-ring (bicyclic) bond motifs is 2. The molecule has 5 rings (SSSR count). The van der Waals surface area contributed by atoms with Gasteiger partial charge in [0.05, 0.1) is 18.4 Å². The summed E-state index contributed by atoms with van der Waals surface area (Å²) < 4.78 is 8.49. The molecule has 0 bridgehead atoms. The fourth-order valence-electron chi connectivity index (χ4n) is 5.01. The fraction of sp³-hybridized carbons (Fsp3) is 0.429. The maximum Gasteiger partial charge on any atom is 0.377 e. The summed E-state index contributed by atoms with van der Waals surface area (Å²) in [4.78, 5) is 39.7. The van der Waals surface area contributed by atoms with Crippen LogP contribution in [0.5, 0.6) is 0 Å². The minimum atomic E-state index is -0.636. The standard InChI is InChI=1S/C21H22N8O3S/c1-28(16-13(7-22)8-24-17-15(16)3-4-23-17)14-5-11-9-29(10-12(11)6-14)21(31)26-20-25-18(27-33-20)19(30)32-2/h3-4,8,11-12,14H,5-6,9-10H2,1-2H3,(H,23,24)(H,25,26,27,31)/t11-,12+,14+. The fourth-order valence-corrected chi connectivity index (χ4v) is 5.56. The van der Waals surface area contributed by atoms with Crippen LogP contribution in [0.4, 0.5) is 15.6 Å². The summed E-state index contributed by atoms with van der Waals surface area (Å²) in [5.41, 5.74) is 2.23. The number of amides is 2. The van der Waals surface area contributed by atoms with Gasteiger partial charge in [0.15, 0.2) is 0 Å². The van der Waals surface area contributed by atoms with Gasteiger partial charge >= 0.3 is 12.0 Å². The number of ether oxygens (including phenoxy) is 1. The lowest BCUT2D eigenvalue weighted by molar-refractivity contribution is 0.0588. The molecule has 1 saturated carbocycles. The van der Waals surface area contributed by atoms with Crippen molar-refractivity contribution >= 4 is 45.4 Å². The number of rotatable bonds is 4. The molecule has 3 atom stereocenters. The van der Waals surface area contributed by atoms with Crippen LogP contribution in [-0.4, -0.2) is 69.5 Å². The van der Waals surface area contributed by atoms with Crippen LogP contribution in [0.1, 0.15) is 29.0 Å². The van der Waals surface area contributed by atoms with Crippen LogP contribution >= 0.6 is 11.5 Å². The summed E-state index contributed by atoms with van der Waals surface area (Å²) in [6.07, 6.45) is 5.33. The lowest BCUT2D eigenvalue weighted by Gasteiger charge is -2.29. The van der Waals surface area contributed by atoms with Crippen LogP contribution in [0.25, 0.3) is 11.0 Å². The van der Waals surface area contributed by atoms with E-state index in [1.54, 1.807) is 11.1 Å². The lowest BCUT2D eigenvalue weighted by Crippen LogP contribution is -2.36. The Morgan fingerprint density at radius 3 is 2.82 bits per heavy atom. The Hall–Kier alpha value is -3.72. The average molecular weight is 467 g/mol. The number of esters is 1. The van der Waals surface area contributed by atoms with E-state index in [1.165, 1.54) is 7.11 Å². The molecule has 2 N–H and O–H groups in total. The Morgan fingerprint density at radius 1 is 1.36 bits per heavy atom. The second-order valence-corrected chi connectivity index (χ2v) is 9.13. The maximum atomic E-state index is 12.7. The second-order valence-electron chi connectivity index (χ2n) is 8.38. The number of urea groups is 1. The Bertz CT molecular complexity index is 1250. The number of nitrogens with one attached hydrogen (secondary N) is 2. The highest BCUT2D eigenvalue weighted by molar-refractivity contribution is 7.10. The first kappa shape index (κ1) is 21.1. The van der Waals surface area contributed by atoms with Crippen LogP contribution < -0.4 is 10.2 Å². The van der Waals surface area contributed by atoms with Gasteiger partial charge < -0.3 is 19.5 Å². The van der Waals surface area contributed by atoms with Crippen molar-refractivity contribution in [1.82, 2.24) is 24.2 Å². The summed E-state index contributed by atoms with van der Waals surface area (Å²) in [6.45, 7) is 1.31. The molecule has 3 aromatic heterocycles. The van der Waals surface area contributed by atoms with Crippen LogP contribution in [-0.2, 0) is 4.74 Å². The average Bonchev–Trinajstić information content (AvgIpc) is 3.60. The second kappa shape index (κ2) is 8.32. The number of aromatic nitrogens is 4. The van der Waals surface area contributed by atoms with E-state index in [2.05, 4.69) is 40.3 Å². The number of nitriles is 1. The number of nitrogens with zero attached hydrogens (tertiary/aromatic N) is 6. The molecule has 11 nitrogen and oxygen atoms in total. The Kier molecular flexibility index (Phi) is 5.33. The van der Waals surface area contributed by atoms with Gasteiger partial charge in [-0.25, -0.2) is 14.6 Å². The van der Waals surface area contributed by atoms with E-state index in [9.17, 15) is 14.9 Å². The number of H-pyrrole nitrogens is 1. The number of hydrogen-bond acceptors (Lipinski definition) is 9. The summed E-state index contributed by atoms with van der Waals surface area (Å²) in [5.74, 6) is 0.0734. The highest BCUT2D eigenvalue weighted by Crippen LogP contribution is 2.42. The molecule has 2 amide bonds. The summed E-state index contributed by atoms with van der Waals surface area (Å²) in [6, 6.07) is 4.27. The van der Waals surface area contributed by atoms with Crippen molar-refractivity contribution in [3.05, 3.63) is 29.8 Å². The van der Waals surface area contributed by atoms with Gasteiger partial charge in [0.2, 0.25) is 5.13 Å². The van der Waals surface area contributed by atoms with Crippen molar-refractivity contribution in [2.75, 3.05) is 37.5 Å². The Balaban J connectivity index is 1.23. The SMILES string of the molecule is COC(=O)c1nsc(NC(=O)N2C[C@H]3C[C@H](N(C)c4c(C#N)cnc5[nH]ccc45)C[C@H]3C2)n1. The number of aromatic amines is 1. The van der Waals surface area contributed by atoms with Crippen LogP contribution in [0.15, 0.2) is 18.5 Å². The molecule has 0 radical (unpaired) electrons. The number of carbonyl (C=O) groups is 2. The van der Waals surface area contributed by atoms with Gasteiger partial charge in [0.25, 0.3) is 5.82 Å². The number of methoxy groups -OCH3 is 1. The molecule has 2 fully saturated rings. The highest BCUT2D eigenvalue weighted by Gasteiger charge is 2.44. The van der Waals surface area contributed by atoms with Crippen molar-refractivity contribution in [3.63, 3.8) is 0 Å². The van der Waals surface area contributed by atoms with Crippen molar-refractivity contribution in [2.45, 2.75) is 18.9 Å². The Morgan fingerprint density at radius 2 is 2.12 bits per heavy atom. The van der Waals surface area contributed by atoms with Gasteiger partial charge in [-0.3, -0.25) is 5.32 Å². The number of carbonyl (C=O) groups excluding carboxylic acids is 2. The summed E-state index contributed by atoms with van der Waals surface area (Å²) in [5, 5.41) is 13.6. The van der Waals surface area contributed by atoms with E-state index in [0.717, 1.165) is 41.1 Å². The predicted octanol–water partition coefficient (Wildman–Crippen LogP) is 2.45. The molecule has 1 aliphatic heterocycles. The molecule has 1 aliphatic carbocycles. The minimum Gasteiger partial charge on any atom is -0.463 e. The lowest BCUT2D eigenvalue weighted by atomic mass is 10.0.